The zero-order chi connectivity index (χ0) is 19.8. The smallest absolute Gasteiger partial charge is 0.272 e. The van der Waals surface area contributed by atoms with Gasteiger partial charge in [0.1, 0.15) is 11.8 Å². The number of carbonyl (C=O) groups is 1. The van der Waals surface area contributed by atoms with E-state index in [1.165, 1.54) is 0 Å². The second-order valence-corrected chi connectivity index (χ2v) is 7.66. The fourth-order valence-corrected chi connectivity index (χ4v) is 3.78. The number of likely N-dealkylation sites (tertiary alicyclic amines) is 1. The van der Waals surface area contributed by atoms with Crippen LogP contribution >= 0.6 is 15.9 Å². The quantitative estimate of drug-likeness (QED) is 0.647. The van der Waals surface area contributed by atoms with Crippen LogP contribution in [0.1, 0.15) is 16.9 Å². The highest BCUT2D eigenvalue weighted by Crippen LogP contribution is 2.35. The molecule has 148 valence electrons. The largest absolute Gasteiger partial charge is 0.472 e. The molecule has 2 aromatic heterocycles. The lowest BCUT2D eigenvalue weighted by molar-refractivity contribution is 0.0765. The fraction of sp³-hybridized carbons (Fsp3) is 0.250. The summed E-state index contributed by atoms with van der Waals surface area (Å²) in [6, 6.07) is 11.1. The average molecular weight is 457 g/mol. The maximum atomic E-state index is 12.9. The second kappa shape index (κ2) is 7.40. The molecular formula is C20H17BrN4O4. The van der Waals surface area contributed by atoms with E-state index in [2.05, 4.69) is 31.1 Å². The lowest BCUT2D eigenvalue weighted by Gasteiger charge is -2.16. The van der Waals surface area contributed by atoms with Crippen LogP contribution in [-0.2, 0) is 0 Å². The molecule has 1 fully saturated rings. The van der Waals surface area contributed by atoms with Gasteiger partial charge in [0.2, 0.25) is 12.7 Å². The summed E-state index contributed by atoms with van der Waals surface area (Å²) in [6.07, 6.45) is 2.33. The number of H-pyrrole nitrogens is 1. The van der Waals surface area contributed by atoms with Crippen molar-refractivity contribution in [1.82, 2.24) is 20.1 Å². The molecule has 1 aromatic carbocycles. The summed E-state index contributed by atoms with van der Waals surface area (Å²) in [4.78, 5) is 18.9. The summed E-state index contributed by atoms with van der Waals surface area (Å²) in [5.41, 5.74) is 1.97. The van der Waals surface area contributed by atoms with Gasteiger partial charge in [-0.3, -0.25) is 9.89 Å². The minimum atomic E-state index is -0.101. The standard InChI is InChI=1S/C20H17BrN4O4/c21-14-2-1-6-22-19(14)29-13-5-7-25(10-13)20(26)16-9-15(23-24-16)12-3-4-17-18(8-12)28-11-27-17/h1-4,6,8-9,13H,5,7,10-11H2,(H,23,24). The SMILES string of the molecule is O=C(c1cc(-c2ccc3c(c2)OCO3)n[nH]1)N1CCC(Oc2ncccc2Br)C1. The van der Waals surface area contributed by atoms with Crippen LogP contribution in [0.5, 0.6) is 17.4 Å². The first-order chi connectivity index (χ1) is 14.2. The van der Waals surface area contributed by atoms with E-state index in [-0.39, 0.29) is 18.8 Å². The first-order valence-electron chi connectivity index (χ1n) is 9.19. The molecule has 1 atom stereocenters. The van der Waals surface area contributed by atoms with E-state index in [4.69, 9.17) is 14.2 Å². The third kappa shape index (κ3) is 3.53. The Morgan fingerprint density at radius 2 is 2.14 bits per heavy atom. The van der Waals surface area contributed by atoms with E-state index in [1.54, 1.807) is 17.2 Å². The molecule has 9 heteroatoms. The zero-order valence-electron chi connectivity index (χ0n) is 15.3. The number of nitrogens with one attached hydrogen (secondary N) is 1. The summed E-state index contributed by atoms with van der Waals surface area (Å²) < 4.78 is 17.5. The van der Waals surface area contributed by atoms with Gasteiger partial charge in [-0.1, -0.05) is 0 Å². The lowest BCUT2D eigenvalue weighted by atomic mass is 10.1. The van der Waals surface area contributed by atoms with Crippen molar-refractivity contribution >= 4 is 21.8 Å². The van der Waals surface area contributed by atoms with Crippen LogP contribution in [0.3, 0.4) is 0 Å². The van der Waals surface area contributed by atoms with Gasteiger partial charge in [-0.15, -0.1) is 0 Å². The minimum Gasteiger partial charge on any atom is -0.472 e. The van der Waals surface area contributed by atoms with Gasteiger partial charge in [0.15, 0.2) is 11.5 Å². The van der Waals surface area contributed by atoms with Gasteiger partial charge in [0, 0.05) is 24.7 Å². The number of carbonyl (C=O) groups excluding carboxylic acids is 1. The van der Waals surface area contributed by atoms with Gasteiger partial charge in [-0.25, -0.2) is 4.98 Å². The number of benzene rings is 1. The van der Waals surface area contributed by atoms with E-state index < -0.39 is 0 Å². The number of amides is 1. The van der Waals surface area contributed by atoms with E-state index in [0.717, 1.165) is 16.5 Å². The highest BCUT2D eigenvalue weighted by Gasteiger charge is 2.30. The van der Waals surface area contributed by atoms with Crippen molar-refractivity contribution < 1.29 is 19.0 Å². The number of aromatic nitrogens is 3. The van der Waals surface area contributed by atoms with Gasteiger partial charge in [0.05, 0.1) is 16.7 Å². The van der Waals surface area contributed by atoms with Crippen molar-refractivity contribution in [2.45, 2.75) is 12.5 Å². The van der Waals surface area contributed by atoms with Crippen molar-refractivity contribution in [3.05, 3.63) is 52.8 Å². The molecule has 29 heavy (non-hydrogen) atoms. The molecule has 1 unspecified atom stereocenters. The van der Waals surface area contributed by atoms with E-state index in [0.29, 0.717) is 41.9 Å². The first-order valence-corrected chi connectivity index (χ1v) is 9.98. The maximum Gasteiger partial charge on any atom is 0.272 e. The number of rotatable bonds is 4. The molecule has 4 heterocycles. The van der Waals surface area contributed by atoms with E-state index in [9.17, 15) is 4.79 Å². The molecule has 1 N–H and O–H groups in total. The van der Waals surface area contributed by atoms with Crippen molar-refractivity contribution in [1.29, 1.82) is 0 Å². The summed E-state index contributed by atoms with van der Waals surface area (Å²) in [5, 5.41) is 7.13. The summed E-state index contributed by atoms with van der Waals surface area (Å²) in [6.45, 7) is 1.34. The Balaban J connectivity index is 1.26. The van der Waals surface area contributed by atoms with Gasteiger partial charge in [0.25, 0.3) is 5.91 Å². The number of nitrogens with zero attached hydrogens (tertiary/aromatic N) is 3. The molecule has 1 amide bonds. The minimum absolute atomic E-state index is 0.0959. The number of aromatic amines is 1. The third-order valence-corrected chi connectivity index (χ3v) is 5.52. The van der Waals surface area contributed by atoms with Crippen LogP contribution in [0.25, 0.3) is 11.3 Å². The Hall–Kier alpha value is -3.07. The number of hydrogen-bond acceptors (Lipinski definition) is 6. The van der Waals surface area contributed by atoms with E-state index >= 15 is 0 Å². The Kier molecular flexibility index (Phi) is 4.59. The molecule has 5 rings (SSSR count). The second-order valence-electron chi connectivity index (χ2n) is 6.80. The van der Waals surface area contributed by atoms with Crippen LogP contribution in [0.4, 0.5) is 0 Å². The van der Waals surface area contributed by atoms with Crippen LogP contribution in [-0.4, -0.2) is 52.0 Å². The fourth-order valence-electron chi connectivity index (χ4n) is 3.43. The molecule has 0 bridgehead atoms. The van der Waals surface area contributed by atoms with Crippen LogP contribution in [0.15, 0.2) is 47.1 Å². The van der Waals surface area contributed by atoms with Crippen molar-refractivity contribution in [3.63, 3.8) is 0 Å². The number of halogens is 1. The highest BCUT2D eigenvalue weighted by molar-refractivity contribution is 9.10. The Morgan fingerprint density at radius 1 is 1.24 bits per heavy atom. The molecule has 1 saturated heterocycles. The monoisotopic (exact) mass is 456 g/mol. The van der Waals surface area contributed by atoms with Gasteiger partial charge < -0.3 is 19.1 Å². The van der Waals surface area contributed by atoms with Gasteiger partial charge in [-0.2, -0.15) is 5.10 Å². The number of hydrogen-bond donors (Lipinski definition) is 1. The predicted molar refractivity (Wildman–Crippen MR) is 107 cm³/mol. The molecule has 0 saturated carbocycles. The van der Waals surface area contributed by atoms with Gasteiger partial charge in [-0.05, 0) is 52.3 Å². The van der Waals surface area contributed by atoms with Crippen LogP contribution < -0.4 is 14.2 Å². The van der Waals surface area contributed by atoms with Crippen LogP contribution in [0.2, 0.25) is 0 Å². The van der Waals surface area contributed by atoms with Crippen molar-refractivity contribution in [3.8, 4) is 28.6 Å². The topological polar surface area (TPSA) is 89.6 Å². The zero-order valence-corrected chi connectivity index (χ0v) is 16.9. The third-order valence-electron chi connectivity index (χ3n) is 4.91. The number of ether oxygens (including phenoxy) is 3. The number of fused-ring (bicyclic) bond motifs is 1. The van der Waals surface area contributed by atoms with Crippen LogP contribution in [0, 0.1) is 0 Å². The van der Waals surface area contributed by atoms with Crippen molar-refractivity contribution in [2.75, 3.05) is 19.9 Å². The average Bonchev–Trinajstić information content (AvgIpc) is 3.49. The molecule has 0 radical (unpaired) electrons. The molecule has 8 nitrogen and oxygen atoms in total. The molecular weight excluding hydrogens is 440 g/mol. The predicted octanol–water partition coefficient (Wildman–Crippen LogP) is 3.26. The molecule has 2 aliphatic heterocycles. The summed E-state index contributed by atoms with van der Waals surface area (Å²) in [7, 11) is 0. The van der Waals surface area contributed by atoms with Gasteiger partial charge >= 0.3 is 0 Å². The lowest BCUT2D eigenvalue weighted by Crippen LogP contribution is -2.31. The number of pyridine rings is 1. The Labute approximate surface area is 174 Å². The first kappa shape index (κ1) is 18.0. The Morgan fingerprint density at radius 3 is 3.03 bits per heavy atom. The Bertz CT molecular complexity index is 1070. The molecule has 3 aromatic rings. The summed E-state index contributed by atoms with van der Waals surface area (Å²) >= 11 is 3.43. The van der Waals surface area contributed by atoms with E-state index in [1.807, 2.05) is 30.3 Å². The van der Waals surface area contributed by atoms with Crippen molar-refractivity contribution in [2.24, 2.45) is 0 Å². The summed E-state index contributed by atoms with van der Waals surface area (Å²) in [5.74, 6) is 1.83. The maximum absolute atomic E-state index is 12.9. The molecule has 0 aliphatic carbocycles. The highest BCUT2D eigenvalue weighted by atomic mass is 79.9. The normalized spacial score (nSPS) is 17.6. The molecule has 2 aliphatic rings. The molecule has 0 spiro atoms.